The summed E-state index contributed by atoms with van der Waals surface area (Å²) in [4.78, 5) is -0.101. The Kier molecular flexibility index (Phi) is 4.29. The monoisotopic (exact) mass is 308 g/mol. The van der Waals surface area contributed by atoms with E-state index >= 15 is 0 Å². The van der Waals surface area contributed by atoms with Crippen LogP contribution in [0.15, 0.2) is 47.4 Å². The lowest BCUT2D eigenvalue weighted by atomic mass is 10.2. The molecule has 0 aliphatic carbocycles. The molecular formula is C15H17FN2O2S. The minimum atomic E-state index is -3.87. The van der Waals surface area contributed by atoms with Crippen LogP contribution in [0.3, 0.4) is 0 Å². The van der Waals surface area contributed by atoms with E-state index in [1.54, 1.807) is 12.1 Å². The second kappa shape index (κ2) is 5.83. The zero-order valence-electron chi connectivity index (χ0n) is 11.9. The molecule has 0 atom stereocenters. The molecule has 0 fully saturated rings. The fourth-order valence-corrected chi connectivity index (χ4v) is 3.63. The molecule has 0 aromatic heterocycles. The quantitative estimate of drug-likeness (QED) is 0.943. The number of hydrogen-bond donors (Lipinski definition) is 1. The molecule has 0 aliphatic rings. The van der Waals surface area contributed by atoms with Gasteiger partial charge in [-0.25, -0.2) is 12.8 Å². The molecule has 0 unspecified atom stereocenters. The van der Waals surface area contributed by atoms with Gasteiger partial charge in [-0.15, -0.1) is 0 Å². The van der Waals surface area contributed by atoms with E-state index in [9.17, 15) is 12.8 Å². The van der Waals surface area contributed by atoms with Crippen LogP contribution in [0.25, 0.3) is 0 Å². The van der Waals surface area contributed by atoms with Gasteiger partial charge in [-0.2, -0.15) is 0 Å². The fourth-order valence-electron chi connectivity index (χ4n) is 2.13. The molecule has 0 spiro atoms. The average molecular weight is 308 g/mol. The Morgan fingerprint density at radius 3 is 2.48 bits per heavy atom. The predicted octanol–water partition coefficient (Wildman–Crippen LogP) is 2.42. The van der Waals surface area contributed by atoms with E-state index in [2.05, 4.69) is 0 Å². The summed E-state index contributed by atoms with van der Waals surface area (Å²) in [5.74, 6) is -0.607. The number of nitrogens with zero attached hydrogens (tertiary/aromatic N) is 1. The molecule has 2 N–H and O–H groups in total. The molecule has 4 nitrogen and oxygen atoms in total. The highest BCUT2D eigenvalue weighted by atomic mass is 32.2. The predicted molar refractivity (Wildman–Crippen MR) is 81.1 cm³/mol. The molecule has 6 heteroatoms. The maximum atomic E-state index is 13.4. The first-order chi connectivity index (χ1) is 9.87. The maximum absolute atomic E-state index is 13.4. The van der Waals surface area contributed by atoms with Crippen LogP contribution in [0.5, 0.6) is 0 Å². The number of halogens is 1. The van der Waals surface area contributed by atoms with Gasteiger partial charge in [0.15, 0.2) is 0 Å². The Morgan fingerprint density at radius 2 is 1.86 bits per heavy atom. The highest BCUT2D eigenvalue weighted by Gasteiger charge is 2.25. The van der Waals surface area contributed by atoms with Crippen LogP contribution in [-0.2, 0) is 16.6 Å². The van der Waals surface area contributed by atoms with Crippen LogP contribution in [0.2, 0.25) is 0 Å². The molecule has 2 rings (SSSR count). The molecule has 0 radical (unpaired) electrons. The van der Waals surface area contributed by atoms with Crippen molar-refractivity contribution >= 4 is 15.7 Å². The van der Waals surface area contributed by atoms with E-state index in [0.29, 0.717) is 11.3 Å². The highest BCUT2D eigenvalue weighted by molar-refractivity contribution is 7.92. The molecule has 0 heterocycles. The van der Waals surface area contributed by atoms with Crippen LogP contribution in [0.4, 0.5) is 10.1 Å². The molecule has 2 aromatic carbocycles. The highest BCUT2D eigenvalue weighted by Crippen LogP contribution is 2.27. The fraction of sp³-hybridized carbons (Fsp3) is 0.200. The second-order valence-corrected chi connectivity index (χ2v) is 6.65. The topological polar surface area (TPSA) is 63.4 Å². The number of hydrogen-bond acceptors (Lipinski definition) is 3. The van der Waals surface area contributed by atoms with E-state index in [1.165, 1.54) is 19.2 Å². The van der Waals surface area contributed by atoms with Gasteiger partial charge in [0.05, 0.1) is 10.6 Å². The van der Waals surface area contributed by atoms with E-state index < -0.39 is 15.8 Å². The van der Waals surface area contributed by atoms with Crippen LogP contribution < -0.4 is 10.0 Å². The summed E-state index contributed by atoms with van der Waals surface area (Å²) in [6, 6.07) is 10.7. The molecule has 0 saturated carbocycles. The Labute approximate surface area is 124 Å². The number of para-hydroxylation sites is 1. The number of sulfonamides is 1. The molecule has 0 amide bonds. The Balaban J connectivity index is 2.57. The summed E-state index contributed by atoms with van der Waals surface area (Å²) in [5, 5.41) is 0. The van der Waals surface area contributed by atoms with Crippen molar-refractivity contribution in [2.24, 2.45) is 5.73 Å². The number of nitrogens with two attached hydrogens (primary N) is 1. The van der Waals surface area contributed by atoms with Crippen LogP contribution in [0.1, 0.15) is 11.1 Å². The zero-order chi connectivity index (χ0) is 15.6. The van der Waals surface area contributed by atoms with E-state index in [1.807, 2.05) is 19.1 Å². The van der Waals surface area contributed by atoms with Gasteiger partial charge in [-0.05, 0) is 36.2 Å². The van der Waals surface area contributed by atoms with Crippen molar-refractivity contribution in [1.29, 1.82) is 0 Å². The van der Waals surface area contributed by atoms with Crippen LogP contribution in [0, 0.1) is 12.7 Å². The van der Waals surface area contributed by atoms with Gasteiger partial charge in [0, 0.05) is 13.6 Å². The SMILES string of the molecule is Cc1ccccc1N(C)S(=O)(=O)c1cc(F)ccc1CN. The molecule has 2 aromatic rings. The summed E-state index contributed by atoms with van der Waals surface area (Å²) in [6.07, 6.45) is 0. The van der Waals surface area contributed by atoms with Crippen molar-refractivity contribution < 1.29 is 12.8 Å². The first-order valence-electron chi connectivity index (χ1n) is 6.41. The lowest BCUT2D eigenvalue weighted by molar-refractivity contribution is 0.587. The minimum Gasteiger partial charge on any atom is -0.326 e. The van der Waals surface area contributed by atoms with Crippen molar-refractivity contribution in [3.8, 4) is 0 Å². The van der Waals surface area contributed by atoms with Gasteiger partial charge in [0.2, 0.25) is 0 Å². The summed E-state index contributed by atoms with van der Waals surface area (Å²) in [7, 11) is -2.42. The van der Waals surface area contributed by atoms with Crippen molar-refractivity contribution in [2.45, 2.75) is 18.4 Å². The number of anilines is 1. The van der Waals surface area contributed by atoms with Crippen LogP contribution in [-0.4, -0.2) is 15.5 Å². The van der Waals surface area contributed by atoms with Gasteiger partial charge >= 0.3 is 0 Å². The lowest BCUT2D eigenvalue weighted by Gasteiger charge is -2.22. The maximum Gasteiger partial charge on any atom is 0.264 e. The third-order valence-electron chi connectivity index (χ3n) is 3.34. The van der Waals surface area contributed by atoms with Gasteiger partial charge in [-0.3, -0.25) is 4.31 Å². The molecule has 0 saturated heterocycles. The minimum absolute atomic E-state index is 0.0243. The first kappa shape index (κ1) is 15.5. The summed E-state index contributed by atoms with van der Waals surface area (Å²) >= 11 is 0. The lowest BCUT2D eigenvalue weighted by Crippen LogP contribution is -2.28. The number of rotatable bonds is 4. The molecule has 0 bridgehead atoms. The van der Waals surface area contributed by atoms with Crippen molar-refractivity contribution in [3.63, 3.8) is 0 Å². The van der Waals surface area contributed by atoms with Gasteiger partial charge in [0.1, 0.15) is 5.82 Å². The zero-order valence-corrected chi connectivity index (χ0v) is 12.7. The third-order valence-corrected chi connectivity index (χ3v) is 5.20. The average Bonchev–Trinajstić information content (AvgIpc) is 2.47. The summed E-state index contributed by atoms with van der Waals surface area (Å²) < 4.78 is 40.0. The van der Waals surface area contributed by atoms with E-state index in [-0.39, 0.29) is 11.4 Å². The second-order valence-electron chi connectivity index (χ2n) is 4.72. The van der Waals surface area contributed by atoms with Crippen molar-refractivity contribution in [1.82, 2.24) is 0 Å². The van der Waals surface area contributed by atoms with Crippen molar-refractivity contribution in [2.75, 3.05) is 11.4 Å². The number of aryl methyl sites for hydroxylation is 1. The standard InChI is InChI=1S/C15H17FN2O2S/c1-11-5-3-4-6-14(11)18(2)21(19,20)15-9-13(16)8-7-12(15)10-17/h3-9H,10,17H2,1-2H3. The third kappa shape index (κ3) is 2.91. The first-order valence-corrected chi connectivity index (χ1v) is 7.85. The summed E-state index contributed by atoms with van der Waals surface area (Å²) in [5.41, 5.74) is 7.31. The van der Waals surface area contributed by atoms with E-state index in [0.717, 1.165) is 15.9 Å². The Hall–Kier alpha value is -1.92. The van der Waals surface area contributed by atoms with Gasteiger partial charge in [0.25, 0.3) is 10.0 Å². The molecule has 0 aliphatic heterocycles. The van der Waals surface area contributed by atoms with Crippen molar-refractivity contribution in [3.05, 3.63) is 59.4 Å². The number of benzene rings is 2. The Morgan fingerprint density at radius 1 is 1.19 bits per heavy atom. The summed E-state index contributed by atoms with van der Waals surface area (Å²) in [6.45, 7) is 1.84. The van der Waals surface area contributed by atoms with Gasteiger partial charge in [-0.1, -0.05) is 24.3 Å². The van der Waals surface area contributed by atoms with E-state index in [4.69, 9.17) is 5.73 Å². The smallest absolute Gasteiger partial charge is 0.264 e. The van der Waals surface area contributed by atoms with Crippen LogP contribution >= 0.6 is 0 Å². The molecular weight excluding hydrogens is 291 g/mol. The Bertz CT molecular complexity index is 760. The molecule has 112 valence electrons. The van der Waals surface area contributed by atoms with Gasteiger partial charge < -0.3 is 5.73 Å². The normalized spacial score (nSPS) is 11.4. The largest absolute Gasteiger partial charge is 0.326 e. The molecule has 21 heavy (non-hydrogen) atoms.